The molecule has 0 spiro atoms. The highest BCUT2D eigenvalue weighted by Crippen LogP contribution is 2.20. The lowest BCUT2D eigenvalue weighted by molar-refractivity contribution is 0.102. The second-order valence-electron chi connectivity index (χ2n) is 8.66. The Morgan fingerprint density at radius 3 is 2.17 bits per heavy atom. The van der Waals surface area contributed by atoms with Gasteiger partial charge in [0.1, 0.15) is 5.69 Å². The summed E-state index contributed by atoms with van der Waals surface area (Å²) in [6.07, 6.45) is 1.62. The van der Waals surface area contributed by atoms with Crippen LogP contribution in [0.5, 0.6) is 0 Å². The summed E-state index contributed by atoms with van der Waals surface area (Å²) in [5.74, 6) is -0.212. The number of carbonyl (C=O) groups excluding carboxylic acids is 2. The first-order chi connectivity index (χ1) is 17.5. The van der Waals surface area contributed by atoms with Crippen LogP contribution in [0.25, 0.3) is 11.4 Å². The van der Waals surface area contributed by atoms with Crippen LogP contribution >= 0.6 is 0 Å². The van der Waals surface area contributed by atoms with Gasteiger partial charge >= 0.3 is 0 Å². The molecule has 0 unspecified atom stereocenters. The molecular weight excluding hydrogens is 450 g/mol. The van der Waals surface area contributed by atoms with E-state index >= 15 is 0 Å². The molecule has 2 N–H and O–H groups in total. The fourth-order valence-electron chi connectivity index (χ4n) is 3.73. The minimum Gasteiger partial charge on any atom is -0.322 e. The molecule has 0 bridgehead atoms. The van der Waals surface area contributed by atoms with Crippen LogP contribution in [0.15, 0.2) is 91.0 Å². The van der Waals surface area contributed by atoms with Gasteiger partial charge in [-0.05, 0) is 63.8 Å². The summed E-state index contributed by atoms with van der Waals surface area (Å²) in [7, 11) is 4.05. The maximum atomic E-state index is 13.3. The van der Waals surface area contributed by atoms with Gasteiger partial charge in [-0.3, -0.25) is 9.59 Å². The first-order valence-electron chi connectivity index (χ1n) is 11.8. The highest BCUT2D eigenvalue weighted by Gasteiger charge is 2.17. The number of hydrogen-bond acceptors (Lipinski definition) is 5. The van der Waals surface area contributed by atoms with Crippen LogP contribution in [-0.4, -0.2) is 47.3 Å². The number of anilines is 2. The summed E-state index contributed by atoms with van der Waals surface area (Å²) in [6, 6.07) is 27.4. The Kier molecular flexibility index (Phi) is 8.16. The third kappa shape index (κ3) is 6.61. The van der Waals surface area contributed by atoms with E-state index < -0.39 is 5.91 Å². The number of aromatic nitrogens is 2. The zero-order valence-corrected chi connectivity index (χ0v) is 20.4. The van der Waals surface area contributed by atoms with Crippen molar-refractivity contribution in [2.45, 2.75) is 12.8 Å². The van der Waals surface area contributed by atoms with Crippen molar-refractivity contribution in [2.24, 2.45) is 0 Å². The van der Waals surface area contributed by atoms with E-state index in [4.69, 9.17) is 4.98 Å². The van der Waals surface area contributed by atoms with Crippen molar-refractivity contribution in [3.05, 3.63) is 108 Å². The average molecular weight is 480 g/mol. The number of aryl methyl sites for hydroxylation is 1. The third-order valence-corrected chi connectivity index (χ3v) is 5.53. The first-order valence-corrected chi connectivity index (χ1v) is 11.8. The molecule has 0 fully saturated rings. The summed E-state index contributed by atoms with van der Waals surface area (Å²) < 4.78 is 0. The number of benzene rings is 3. The van der Waals surface area contributed by atoms with E-state index in [2.05, 4.69) is 20.5 Å². The van der Waals surface area contributed by atoms with Crippen LogP contribution in [0.2, 0.25) is 0 Å². The molecule has 36 heavy (non-hydrogen) atoms. The Labute approximate surface area is 211 Å². The quantitative estimate of drug-likeness (QED) is 0.347. The SMILES string of the molecule is CN(C)CCCc1cc(C(=O)Nc2ccccc2C(=O)Nc2ccccc2)nc(-c2ccccc2)n1. The van der Waals surface area contributed by atoms with Gasteiger partial charge in [0.05, 0.1) is 11.3 Å². The van der Waals surface area contributed by atoms with Gasteiger partial charge in [-0.15, -0.1) is 0 Å². The number of carbonyl (C=O) groups is 2. The first kappa shape index (κ1) is 24.8. The molecule has 0 aliphatic carbocycles. The molecule has 7 heteroatoms. The predicted octanol–water partition coefficient (Wildman–Crippen LogP) is 5.14. The average Bonchev–Trinajstić information content (AvgIpc) is 2.89. The Hall–Kier alpha value is -4.36. The lowest BCUT2D eigenvalue weighted by atomic mass is 10.1. The van der Waals surface area contributed by atoms with Crippen LogP contribution in [-0.2, 0) is 6.42 Å². The van der Waals surface area contributed by atoms with Crippen LogP contribution in [0.1, 0.15) is 33.0 Å². The molecule has 4 rings (SSSR count). The van der Waals surface area contributed by atoms with E-state index in [1.807, 2.05) is 74.8 Å². The van der Waals surface area contributed by atoms with Crippen LogP contribution in [0.4, 0.5) is 11.4 Å². The Balaban J connectivity index is 1.59. The van der Waals surface area contributed by atoms with Crippen molar-refractivity contribution in [2.75, 3.05) is 31.3 Å². The number of amides is 2. The van der Waals surface area contributed by atoms with E-state index in [9.17, 15) is 9.59 Å². The van der Waals surface area contributed by atoms with Crippen molar-refractivity contribution >= 4 is 23.2 Å². The molecular formula is C29H29N5O2. The third-order valence-electron chi connectivity index (χ3n) is 5.53. The van der Waals surface area contributed by atoms with Gasteiger partial charge in [-0.25, -0.2) is 9.97 Å². The Bertz CT molecular complexity index is 1320. The maximum absolute atomic E-state index is 13.3. The molecule has 2 amide bonds. The van der Waals surface area contributed by atoms with Gasteiger partial charge in [-0.2, -0.15) is 0 Å². The molecule has 0 aliphatic heterocycles. The van der Waals surface area contributed by atoms with Crippen molar-refractivity contribution in [3.63, 3.8) is 0 Å². The number of para-hydroxylation sites is 2. The molecule has 0 aliphatic rings. The summed E-state index contributed by atoms with van der Waals surface area (Å²) in [5, 5.41) is 5.74. The zero-order valence-electron chi connectivity index (χ0n) is 20.4. The van der Waals surface area contributed by atoms with Gasteiger partial charge in [0.2, 0.25) is 0 Å². The van der Waals surface area contributed by atoms with Crippen molar-refractivity contribution in [1.82, 2.24) is 14.9 Å². The van der Waals surface area contributed by atoms with E-state index in [0.29, 0.717) is 22.8 Å². The molecule has 7 nitrogen and oxygen atoms in total. The van der Waals surface area contributed by atoms with E-state index in [1.54, 1.807) is 30.3 Å². The maximum Gasteiger partial charge on any atom is 0.274 e. The summed E-state index contributed by atoms with van der Waals surface area (Å²) in [4.78, 5) is 37.6. The Morgan fingerprint density at radius 1 is 0.778 bits per heavy atom. The second-order valence-corrected chi connectivity index (χ2v) is 8.66. The highest BCUT2D eigenvalue weighted by molar-refractivity contribution is 6.12. The fourth-order valence-corrected chi connectivity index (χ4v) is 3.73. The van der Waals surface area contributed by atoms with E-state index in [0.717, 1.165) is 30.6 Å². The molecule has 3 aromatic carbocycles. The normalized spacial score (nSPS) is 10.8. The zero-order chi connectivity index (χ0) is 25.3. The van der Waals surface area contributed by atoms with Crippen LogP contribution < -0.4 is 10.6 Å². The molecule has 1 aromatic heterocycles. The molecule has 0 atom stereocenters. The summed E-state index contributed by atoms with van der Waals surface area (Å²) in [6.45, 7) is 0.913. The van der Waals surface area contributed by atoms with Gasteiger partial charge in [0.25, 0.3) is 11.8 Å². The molecule has 1 heterocycles. The van der Waals surface area contributed by atoms with Crippen molar-refractivity contribution in [1.29, 1.82) is 0 Å². The second kappa shape index (κ2) is 11.9. The molecule has 182 valence electrons. The molecule has 0 saturated carbocycles. The fraction of sp³-hybridized carbons (Fsp3) is 0.172. The number of rotatable bonds is 9. The summed E-state index contributed by atoms with van der Waals surface area (Å²) in [5.41, 5.74) is 3.33. The monoisotopic (exact) mass is 479 g/mol. The highest BCUT2D eigenvalue weighted by atomic mass is 16.2. The molecule has 0 saturated heterocycles. The van der Waals surface area contributed by atoms with Crippen molar-refractivity contribution < 1.29 is 9.59 Å². The van der Waals surface area contributed by atoms with Gasteiger partial charge in [0.15, 0.2) is 5.82 Å². The standard InChI is InChI=1S/C29H29N5O2/c1-34(2)19-11-16-23-20-26(32-27(30-23)21-12-5-3-6-13-21)29(36)33-25-18-10-9-17-24(25)28(35)31-22-14-7-4-8-15-22/h3-10,12-15,17-18,20H,11,16,19H2,1-2H3,(H,31,35)(H,33,36). The lowest BCUT2D eigenvalue weighted by Gasteiger charge is -2.13. The lowest BCUT2D eigenvalue weighted by Crippen LogP contribution is -2.20. The smallest absolute Gasteiger partial charge is 0.274 e. The van der Waals surface area contributed by atoms with Gasteiger partial charge in [-0.1, -0.05) is 60.7 Å². The van der Waals surface area contributed by atoms with Crippen LogP contribution in [0.3, 0.4) is 0 Å². The van der Waals surface area contributed by atoms with Gasteiger partial charge in [0, 0.05) is 16.9 Å². The minimum absolute atomic E-state index is 0.252. The number of nitrogens with one attached hydrogen (secondary N) is 2. The van der Waals surface area contributed by atoms with Crippen molar-refractivity contribution in [3.8, 4) is 11.4 Å². The molecule has 4 aromatic rings. The van der Waals surface area contributed by atoms with Crippen LogP contribution in [0, 0.1) is 0 Å². The predicted molar refractivity (Wildman–Crippen MR) is 143 cm³/mol. The number of hydrogen-bond donors (Lipinski definition) is 2. The van der Waals surface area contributed by atoms with E-state index in [-0.39, 0.29) is 11.6 Å². The Morgan fingerprint density at radius 2 is 1.44 bits per heavy atom. The minimum atomic E-state index is -0.400. The van der Waals surface area contributed by atoms with E-state index in [1.165, 1.54) is 0 Å². The topological polar surface area (TPSA) is 87.2 Å². The number of nitrogens with zero attached hydrogens (tertiary/aromatic N) is 3. The summed E-state index contributed by atoms with van der Waals surface area (Å²) >= 11 is 0. The largest absolute Gasteiger partial charge is 0.322 e. The van der Waals surface area contributed by atoms with Gasteiger partial charge < -0.3 is 15.5 Å². The molecule has 0 radical (unpaired) electrons.